The van der Waals surface area contributed by atoms with Crippen molar-refractivity contribution in [2.45, 2.75) is 40.0 Å². The van der Waals surface area contributed by atoms with Crippen LogP contribution >= 0.6 is 0 Å². The summed E-state index contributed by atoms with van der Waals surface area (Å²) in [6.07, 6.45) is 4.13. The third kappa shape index (κ3) is 5.39. The minimum atomic E-state index is 0.0544. The molecule has 0 spiro atoms. The van der Waals surface area contributed by atoms with E-state index in [9.17, 15) is 4.79 Å². The van der Waals surface area contributed by atoms with E-state index in [1.807, 2.05) is 19.1 Å². The number of hydrogen-bond donors (Lipinski definition) is 2. The van der Waals surface area contributed by atoms with Crippen LogP contribution in [0.5, 0.6) is 0 Å². The minimum Gasteiger partial charge on any atom is -0.330 e. The van der Waals surface area contributed by atoms with E-state index in [0.717, 1.165) is 24.2 Å². The summed E-state index contributed by atoms with van der Waals surface area (Å²) in [6.45, 7) is 6.94. The molecule has 0 saturated heterocycles. The lowest BCUT2D eigenvalue weighted by Crippen LogP contribution is -2.18. The molecule has 0 saturated carbocycles. The summed E-state index contributed by atoms with van der Waals surface area (Å²) in [5.41, 5.74) is 7.25. The summed E-state index contributed by atoms with van der Waals surface area (Å²) >= 11 is 0. The molecule has 0 radical (unpaired) electrons. The number of nitrogens with one attached hydrogen (secondary N) is 1. The van der Waals surface area contributed by atoms with Crippen LogP contribution in [0.4, 0.5) is 5.69 Å². The Morgan fingerprint density at radius 1 is 1.42 bits per heavy atom. The maximum absolute atomic E-state index is 11.9. The highest BCUT2D eigenvalue weighted by Gasteiger charge is 2.14. The fourth-order valence-corrected chi connectivity index (χ4v) is 2.17. The van der Waals surface area contributed by atoms with E-state index < -0.39 is 0 Å². The molecule has 1 unspecified atom stereocenters. The van der Waals surface area contributed by atoms with Crippen LogP contribution in [-0.4, -0.2) is 17.4 Å². The molecule has 0 bridgehead atoms. The second-order valence-electron chi connectivity index (χ2n) is 5.30. The van der Waals surface area contributed by atoms with E-state index in [2.05, 4.69) is 24.1 Å². The van der Waals surface area contributed by atoms with Crippen molar-refractivity contribution < 1.29 is 4.79 Å². The maximum atomic E-state index is 11.9. The largest absolute Gasteiger partial charge is 0.330 e. The van der Waals surface area contributed by atoms with Gasteiger partial charge in [-0.25, -0.2) is 0 Å². The summed E-state index contributed by atoms with van der Waals surface area (Å²) < 4.78 is 0. The molecule has 1 rings (SSSR count). The summed E-state index contributed by atoms with van der Waals surface area (Å²) in [7, 11) is 0. The first kappa shape index (κ1) is 15.6. The molecular formula is C15H25N3O. The van der Waals surface area contributed by atoms with E-state index >= 15 is 0 Å². The van der Waals surface area contributed by atoms with Crippen LogP contribution in [0.3, 0.4) is 0 Å². The van der Waals surface area contributed by atoms with Crippen molar-refractivity contribution in [1.29, 1.82) is 0 Å². The number of carbonyl (C=O) groups excluding carboxylic acids is 1. The van der Waals surface area contributed by atoms with Crippen molar-refractivity contribution in [3.05, 3.63) is 24.0 Å². The normalized spacial score (nSPS) is 12.5. The topological polar surface area (TPSA) is 68.0 Å². The van der Waals surface area contributed by atoms with Crippen molar-refractivity contribution in [1.82, 2.24) is 4.98 Å². The quantitative estimate of drug-likeness (QED) is 0.794. The summed E-state index contributed by atoms with van der Waals surface area (Å²) in [5, 5.41) is 2.91. The Labute approximate surface area is 115 Å². The minimum absolute atomic E-state index is 0.0544. The van der Waals surface area contributed by atoms with Gasteiger partial charge in [0.1, 0.15) is 0 Å². The van der Waals surface area contributed by atoms with Crippen molar-refractivity contribution in [3.8, 4) is 0 Å². The van der Waals surface area contributed by atoms with Crippen molar-refractivity contribution in [3.63, 3.8) is 0 Å². The van der Waals surface area contributed by atoms with Gasteiger partial charge in [0.25, 0.3) is 0 Å². The molecule has 1 heterocycles. The first-order valence-electron chi connectivity index (χ1n) is 6.96. The van der Waals surface area contributed by atoms with E-state index in [1.165, 1.54) is 0 Å². The third-order valence-electron chi connectivity index (χ3n) is 3.50. The summed E-state index contributed by atoms with van der Waals surface area (Å²) in [4.78, 5) is 16.1. The van der Waals surface area contributed by atoms with Gasteiger partial charge < -0.3 is 11.1 Å². The average molecular weight is 263 g/mol. The number of aromatic nitrogens is 1. The van der Waals surface area contributed by atoms with Gasteiger partial charge in [-0.1, -0.05) is 13.8 Å². The van der Waals surface area contributed by atoms with Gasteiger partial charge in [-0.15, -0.1) is 0 Å². The predicted octanol–water partition coefficient (Wildman–Crippen LogP) is 2.73. The Morgan fingerprint density at radius 3 is 2.74 bits per heavy atom. The molecule has 0 aliphatic carbocycles. The Kier molecular flexibility index (Phi) is 6.50. The number of aryl methyl sites for hydroxylation is 1. The van der Waals surface area contributed by atoms with Crippen LogP contribution in [0, 0.1) is 18.8 Å². The maximum Gasteiger partial charge on any atom is 0.224 e. The van der Waals surface area contributed by atoms with Crippen LogP contribution in [0.15, 0.2) is 18.3 Å². The fraction of sp³-hybridized carbons (Fsp3) is 0.600. The Morgan fingerprint density at radius 2 is 2.16 bits per heavy atom. The highest BCUT2D eigenvalue weighted by molar-refractivity contribution is 5.91. The summed E-state index contributed by atoms with van der Waals surface area (Å²) in [6, 6.07) is 3.70. The average Bonchev–Trinajstić information content (AvgIpc) is 2.37. The molecule has 1 aromatic heterocycles. The van der Waals surface area contributed by atoms with Gasteiger partial charge in [0.2, 0.25) is 5.91 Å². The number of nitrogens with two attached hydrogens (primary N) is 1. The molecule has 106 valence electrons. The Bertz CT molecular complexity index is 404. The van der Waals surface area contributed by atoms with E-state index in [0.29, 0.717) is 24.8 Å². The highest BCUT2D eigenvalue weighted by Crippen LogP contribution is 2.21. The SMILES string of the molecule is Cc1ncccc1NC(=O)CCC(CCN)C(C)C. The van der Waals surface area contributed by atoms with Crippen LogP contribution in [0.1, 0.15) is 38.8 Å². The molecule has 19 heavy (non-hydrogen) atoms. The predicted molar refractivity (Wildman–Crippen MR) is 78.8 cm³/mol. The molecule has 4 heteroatoms. The molecule has 0 aliphatic heterocycles. The number of hydrogen-bond acceptors (Lipinski definition) is 3. The fourth-order valence-electron chi connectivity index (χ4n) is 2.17. The van der Waals surface area contributed by atoms with Gasteiger partial charge in [0.05, 0.1) is 11.4 Å². The first-order chi connectivity index (χ1) is 9.04. The van der Waals surface area contributed by atoms with Crippen molar-refractivity contribution in [2.75, 3.05) is 11.9 Å². The van der Waals surface area contributed by atoms with Crippen LogP contribution < -0.4 is 11.1 Å². The zero-order valence-electron chi connectivity index (χ0n) is 12.1. The van der Waals surface area contributed by atoms with Crippen molar-refractivity contribution >= 4 is 11.6 Å². The lowest BCUT2D eigenvalue weighted by molar-refractivity contribution is -0.116. The molecule has 1 atom stereocenters. The Hall–Kier alpha value is -1.42. The lowest BCUT2D eigenvalue weighted by Gasteiger charge is -2.19. The number of anilines is 1. The zero-order valence-corrected chi connectivity index (χ0v) is 12.1. The molecule has 1 amide bonds. The smallest absolute Gasteiger partial charge is 0.224 e. The number of rotatable bonds is 7. The van der Waals surface area contributed by atoms with E-state index in [4.69, 9.17) is 5.73 Å². The van der Waals surface area contributed by atoms with Crippen LogP contribution in [0.2, 0.25) is 0 Å². The third-order valence-corrected chi connectivity index (χ3v) is 3.50. The molecule has 4 nitrogen and oxygen atoms in total. The molecular weight excluding hydrogens is 238 g/mol. The van der Waals surface area contributed by atoms with Gasteiger partial charge in [0, 0.05) is 12.6 Å². The molecule has 3 N–H and O–H groups in total. The van der Waals surface area contributed by atoms with Gasteiger partial charge >= 0.3 is 0 Å². The molecule has 0 fully saturated rings. The van der Waals surface area contributed by atoms with Gasteiger partial charge in [-0.2, -0.15) is 0 Å². The molecule has 0 aliphatic rings. The highest BCUT2D eigenvalue weighted by atomic mass is 16.1. The summed E-state index contributed by atoms with van der Waals surface area (Å²) in [5.74, 6) is 1.14. The van der Waals surface area contributed by atoms with Crippen LogP contribution in [0.25, 0.3) is 0 Å². The van der Waals surface area contributed by atoms with Crippen molar-refractivity contribution in [2.24, 2.45) is 17.6 Å². The monoisotopic (exact) mass is 263 g/mol. The van der Waals surface area contributed by atoms with Gasteiger partial charge in [-0.05, 0) is 50.3 Å². The van der Waals surface area contributed by atoms with E-state index in [-0.39, 0.29) is 5.91 Å². The zero-order chi connectivity index (χ0) is 14.3. The second-order valence-corrected chi connectivity index (χ2v) is 5.30. The second kappa shape index (κ2) is 7.89. The van der Waals surface area contributed by atoms with Crippen LogP contribution in [-0.2, 0) is 4.79 Å². The number of carbonyl (C=O) groups is 1. The standard InChI is InChI=1S/C15H25N3O/c1-11(2)13(8-9-16)6-7-15(19)18-14-5-4-10-17-12(14)3/h4-5,10-11,13H,6-9,16H2,1-3H3,(H,18,19). The number of pyridine rings is 1. The number of amides is 1. The lowest BCUT2D eigenvalue weighted by atomic mass is 9.88. The first-order valence-corrected chi connectivity index (χ1v) is 6.96. The number of nitrogens with zero attached hydrogens (tertiary/aromatic N) is 1. The Balaban J connectivity index is 2.45. The molecule has 0 aromatic carbocycles. The van der Waals surface area contributed by atoms with Gasteiger partial charge in [-0.3, -0.25) is 9.78 Å². The van der Waals surface area contributed by atoms with E-state index in [1.54, 1.807) is 6.20 Å². The van der Waals surface area contributed by atoms with Gasteiger partial charge in [0.15, 0.2) is 0 Å². The molecule has 1 aromatic rings.